The summed E-state index contributed by atoms with van der Waals surface area (Å²) in [6, 6.07) is 3.46. The molecule has 0 aliphatic heterocycles. The number of halogens is 2. The highest BCUT2D eigenvalue weighted by molar-refractivity contribution is 5.83. The molecule has 0 radical (unpaired) electrons. The summed E-state index contributed by atoms with van der Waals surface area (Å²) in [7, 11) is 0. The Hall–Kier alpha value is -1.69. The number of ether oxygens (including phenoxy) is 1. The third-order valence-electron chi connectivity index (χ3n) is 2.57. The van der Waals surface area contributed by atoms with Crippen molar-refractivity contribution in [2.24, 2.45) is 11.5 Å². The molecule has 1 unspecified atom stereocenters. The fraction of sp³-hybridized carbons (Fsp3) is 0.417. The molecule has 0 aliphatic carbocycles. The van der Waals surface area contributed by atoms with E-state index in [9.17, 15) is 13.6 Å². The molecule has 6 heteroatoms. The third-order valence-corrected chi connectivity index (χ3v) is 2.57. The molecule has 0 heterocycles. The zero-order valence-electron chi connectivity index (χ0n) is 10.1. The van der Waals surface area contributed by atoms with Crippen molar-refractivity contribution in [3.8, 4) is 5.75 Å². The zero-order valence-corrected chi connectivity index (χ0v) is 10.1. The van der Waals surface area contributed by atoms with Crippen molar-refractivity contribution in [1.82, 2.24) is 0 Å². The smallest absolute Gasteiger partial charge is 0.237 e. The largest absolute Gasteiger partial charge is 0.488 e. The Morgan fingerprint density at radius 3 is 2.44 bits per heavy atom. The Labute approximate surface area is 104 Å². The SMILES string of the molecule is CC(N)(CCCOc1c(F)cccc1F)C(N)=O. The Balaban J connectivity index is 2.46. The summed E-state index contributed by atoms with van der Waals surface area (Å²) in [6.45, 7) is 1.55. The van der Waals surface area contributed by atoms with E-state index in [1.807, 2.05) is 0 Å². The van der Waals surface area contributed by atoms with Crippen LogP contribution in [0.15, 0.2) is 18.2 Å². The first-order chi connectivity index (χ1) is 8.34. The van der Waals surface area contributed by atoms with Crippen molar-refractivity contribution < 1.29 is 18.3 Å². The van der Waals surface area contributed by atoms with Crippen LogP contribution < -0.4 is 16.2 Å². The van der Waals surface area contributed by atoms with Gasteiger partial charge in [-0.25, -0.2) is 8.78 Å². The monoisotopic (exact) mass is 258 g/mol. The van der Waals surface area contributed by atoms with Crippen LogP contribution in [0.1, 0.15) is 19.8 Å². The zero-order chi connectivity index (χ0) is 13.8. The second-order valence-corrected chi connectivity index (χ2v) is 4.28. The fourth-order valence-electron chi connectivity index (χ4n) is 1.36. The summed E-state index contributed by atoms with van der Waals surface area (Å²) in [6.07, 6.45) is 0.641. The summed E-state index contributed by atoms with van der Waals surface area (Å²) < 4.78 is 31.3. The van der Waals surface area contributed by atoms with Gasteiger partial charge < -0.3 is 16.2 Å². The van der Waals surface area contributed by atoms with E-state index in [0.717, 1.165) is 12.1 Å². The van der Waals surface area contributed by atoms with Crippen molar-refractivity contribution >= 4 is 5.91 Å². The van der Waals surface area contributed by atoms with E-state index >= 15 is 0 Å². The highest BCUT2D eigenvalue weighted by atomic mass is 19.1. The predicted molar refractivity (Wildman–Crippen MR) is 62.9 cm³/mol. The van der Waals surface area contributed by atoms with Gasteiger partial charge in [0.05, 0.1) is 12.1 Å². The van der Waals surface area contributed by atoms with E-state index in [1.165, 1.54) is 13.0 Å². The lowest BCUT2D eigenvalue weighted by molar-refractivity contribution is -0.122. The molecule has 0 saturated carbocycles. The second-order valence-electron chi connectivity index (χ2n) is 4.28. The molecular formula is C12H16F2N2O2. The number of nitrogens with two attached hydrogens (primary N) is 2. The molecule has 1 aromatic carbocycles. The molecule has 100 valence electrons. The lowest BCUT2D eigenvalue weighted by Gasteiger charge is -2.20. The van der Waals surface area contributed by atoms with E-state index in [2.05, 4.69) is 0 Å². The number of primary amides is 1. The Kier molecular flexibility index (Phi) is 4.61. The number of amides is 1. The number of carbonyl (C=O) groups excluding carboxylic acids is 1. The number of rotatable bonds is 6. The first kappa shape index (κ1) is 14.4. The molecule has 4 nitrogen and oxygen atoms in total. The summed E-state index contributed by atoms with van der Waals surface area (Å²) in [5.74, 6) is -2.57. The van der Waals surface area contributed by atoms with Crippen LogP contribution in [0.5, 0.6) is 5.75 Å². The van der Waals surface area contributed by atoms with Gasteiger partial charge in [0.2, 0.25) is 5.91 Å². The number of hydrogen-bond acceptors (Lipinski definition) is 3. The summed E-state index contributed by atoms with van der Waals surface area (Å²) >= 11 is 0. The molecule has 1 amide bonds. The van der Waals surface area contributed by atoms with Gasteiger partial charge in [-0.3, -0.25) is 4.79 Å². The number of para-hydroxylation sites is 1. The van der Waals surface area contributed by atoms with Crippen LogP contribution in [0.3, 0.4) is 0 Å². The summed E-state index contributed by atoms with van der Waals surface area (Å²) in [5.41, 5.74) is 9.57. The minimum atomic E-state index is -1.14. The molecule has 0 fully saturated rings. The third kappa shape index (κ3) is 3.66. The first-order valence-corrected chi connectivity index (χ1v) is 5.50. The average Bonchev–Trinajstić information content (AvgIpc) is 2.27. The molecule has 0 spiro atoms. The van der Waals surface area contributed by atoms with Crippen LogP contribution in [0.4, 0.5) is 8.78 Å². The van der Waals surface area contributed by atoms with Gasteiger partial charge in [-0.1, -0.05) is 6.07 Å². The maximum Gasteiger partial charge on any atom is 0.237 e. The van der Waals surface area contributed by atoms with Crippen LogP contribution in [0, 0.1) is 11.6 Å². The minimum Gasteiger partial charge on any atom is -0.488 e. The second kappa shape index (κ2) is 5.77. The van der Waals surface area contributed by atoms with Crippen LogP contribution in [-0.4, -0.2) is 18.1 Å². The number of carbonyl (C=O) groups is 1. The molecule has 0 bridgehead atoms. The van der Waals surface area contributed by atoms with Crippen LogP contribution in [0.2, 0.25) is 0 Å². The molecule has 1 rings (SSSR count). The van der Waals surface area contributed by atoms with E-state index in [-0.39, 0.29) is 13.0 Å². The van der Waals surface area contributed by atoms with Gasteiger partial charge in [0.25, 0.3) is 0 Å². The standard InChI is InChI=1S/C12H16F2N2O2/c1-12(16,11(15)17)6-3-7-18-10-8(13)4-2-5-9(10)14/h2,4-5H,3,6-7,16H2,1H3,(H2,15,17). The topological polar surface area (TPSA) is 78.3 Å². The quantitative estimate of drug-likeness (QED) is 0.755. The Morgan fingerprint density at radius 2 is 1.94 bits per heavy atom. The molecule has 1 atom stereocenters. The minimum absolute atomic E-state index is 0.0535. The van der Waals surface area contributed by atoms with E-state index in [1.54, 1.807) is 0 Å². The van der Waals surface area contributed by atoms with Crippen LogP contribution in [0.25, 0.3) is 0 Å². The van der Waals surface area contributed by atoms with Gasteiger partial charge >= 0.3 is 0 Å². The molecule has 0 aromatic heterocycles. The Morgan fingerprint density at radius 1 is 1.39 bits per heavy atom. The van der Waals surface area contributed by atoms with Gasteiger partial charge in [0.1, 0.15) is 0 Å². The maximum atomic E-state index is 13.2. The molecule has 4 N–H and O–H groups in total. The van der Waals surface area contributed by atoms with Crippen LogP contribution >= 0.6 is 0 Å². The van der Waals surface area contributed by atoms with Crippen molar-refractivity contribution in [3.05, 3.63) is 29.8 Å². The van der Waals surface area contributed by atoms with Crippen molar-refractivity contribution in [2.45, 2.75) is 25.3 Å². The average molecular weight is 258 g/mol. The summed E-state index contributed by atoms with van der Waals surface area (Å²) in [4.78, 5) is 10.9. The molecule has 1 aromatic rings. The normalized spacial score (nSPS) is 14.0. The van der Waals surface area contributed by atoms with Gasteiger partial charge in [0, 0.05) is 0 Å². The summed E-state index contributed by atoms with van der Waals surface area (Å²) in [5, 5.41) is 0. The number of benzene rings is 1. The van der Waals surface area contributed by atoms with E-state index < -0.39 is 28.8 Å². The maximum absolute atomic E-state index is 13.2. The van der Waals surface area contributed by atoms with Crippen molar-refractivity contribution in [2.75, 3.05) is 6.61 Å². The van der Waals surface area contributed by atoms with Gasteiger partial charge in [0.15, 0.2) is 17.4 Å². The lowest BCUT2D eigenvalue weighted by Crippen LogP contribution is -2.49. The van der Waals surface area contributed by atoms with Gasteiger partial charge in [-0.2, -0.15) is 0 Å². The highest BCUT2D eigenvalue weighted by Gasteiger charge is 2.24. The fourth-order valence-corrected chi connectivity index (χ4v) is 1.36. The highest BCUT2D eigenvalue weighted by Crippen LogP contribution is 2.21. The van der Waals surface area contributed by atoms with E-state index in [4.69, 9.17) is 16.2 Å². The van der Waals surface area contributed by atoms with Crippen LogP contribution in [-0.2, 0) is 4.79 Å². The van der Waals surface area contributed by atoms with Crippen molar-refractivity contribution in [3.63, 3.8) is 0 Å². The Bertz CT molecular complexity index is 416. The molecule has 18 heavy (non-hydrogen) atoms. The van der Waals surface area contributed by atoms with E-state index in [0.29, 0.717) is 6.42 Å². The van der Waals surface area contributed by atoms with Gasteiger partial charge in [-0.15, -0.1) is 0 Å². The number of hydrogen-bond donors (Lipinski definition) is 2. The van der Waals surface area contributed by atoms with Crippen molar-refractivity contribution in [1.29, 1.82) is 0 Å². The first-order valence-electron chi connectivity index (χ1n) is 5.50. The lowest BCUT2D eigenvalue weighted by atomic mass is 9.97. The predicted octanol–water partition coefficient (Wildman–Crippen LogP) is 1.33. The molecular weight excluding hydrogens is 242 g/mol. The molecule has 0 saturated heterocycles. The molecule has 0 aliphatic rings. The van der Waals surface area contributed by atoms with Gasteiger partial charge in [-0.05, 0) is 31.9 Å².